The Kier molecular flexibility index (Phi) is 4.61. The van der Waals surface area contributed by atoms with Crippen molar-refractivity contribution >= 4 is 16.7 Å². The second-order valence-corrected chi connectivity index (χ2v) is 6.28. The molecular weight excluding hydrogens is 381 g/mol. The number of para-hydroxylation sites is 2. The molecule has 2 aromatic heterocycles. The van der Waals surface area contributed by atoms with Crippen LogP contribution in [0, 0.1) is 15.9 Å². The van der Waals surface area contributed by atoms with Gasteiger partial charge >= 0.3 is 0 Å². The molecular formula is C19H14FN5O4. The lowest BCUT2D eigenvalue weighted by Crippen LogP contribution is -2.24. The van der Waals surface area contributed by atoms with Crippen LogP contribution >= 0.6 is 0 Å². The Bertz CT molecular complexity index is 1280. The number of aliphatic hydroxyl groups is 1. The van der Waals surface area contributed by atoms with Crippen molar-refractivity contribution in [2.75, 3.05) is 0 Å². The first kappa shape index (κ1) is 18.4. The minimum atomic E-state index is -1.25. The lowest BCUT2D eigenvalue weighted by molar-refractivity contribution is -0.384. The molecule has 0 saturated carbocycles. The summed E-state index contributed by atoms with van der Waals surface area (Å²) in [6.07, 6.45) is 1.20. The molecule has 146 valence electrons. The Morgan fingerprint density at radius 1 is 1.17 bits per heavy atom. The van der Waals surface area contributed by atoms with Crippen LogP contribution in [0.15, 0.2) is 65.8 Å². The molecule has 1 unspecified atom stereocenters. The van der Waals surface area contributed by atoms with Gasteiger partial charge in [0.25, 0.3) is 11.2 Å². The van der Waals surface area contributed by atoms with Crippen molar-refractivity contribution in [3.63, 3.8) is 0 Å². The number of rotatable bonds is 5. The maximum atomic E-state index is 13.9. The van der Waals surface area contributed by atoms with E-state index < -0.39 is 22.4 Å². The van der Waals surface area contributed by atoms with E-state index in [0.29, 0.717) is 0 Å². The average Bonchev–Trinajstić information content (AvgIpc) is 3.15. The molecule has 29 heavy (non-hydrogen) atoms. The van der Waals surface area contributed by atoms with Crippen molar-refractivity contribution in [1.82, 2.24) is 19.3 Å². The maximum absolute atomic E-state index is 13.9. The first-order valence-electron chi connectivity index (χ1n) is 8.57. The third-order valence-electron chi connectivity index (χ3n) is 4.49. The lowest BCUT2D eigenvalue weighted by atomic mass is 10.1. The number of nitrogens with zero attached hydrogens (tertiary/aromatic N) is 5. The number of fused-ring (bicyclic) bond motifs is 1. The molecule has 0 spiro atoms. The van der Waals surface area contributed by atoms with Crippen LogP contribution in [-0.4, -0.2) is 29.4 Å². The predicted octanol–water partition coefficient (Wildman–Crippen LogP) is 2.36. The number of nitro groups is 1. The fraction of sp³-hybridized carbons (Fsp3) is 0.105. The average molecular weight is 395 g/mol. The smallest absolute Gasteiger partial charge is 0.294 e. The minimum Gasteiger partial charge on any atom is -0.386 e. The van der Waals surface area contributed by atoms with E-state index in [1.807, 2.05) is 0 Å². The van der Waals surface area contributed by atoms with Crippen LogP contribution < -0.4 is 5.56 Å². The fourth-order valence-electron chi connectivity index (χ4n) is 3.08. The van der Waals surface area contributed by atoms with Gasteiger partial charge in [-0.1, -0.05) is 30.3 Å². The molecule has 10 heteroatoms. The summed E-state index contributed by atoms with van der Waals surface area (Å²) in [7, 11) is 0. The summed E-state index contributed by atoms with van der Waals surface area (Å²) in [6.45, 7) is -0.209. The van der Waals surface area contributed by atoms with Crippen LogP contribution in [0.25, 0.3) is 16.7 Å². The third kappa shape index (κ3) is 3.25. The molecule has 9 nitrogen and oxygen atoms in total. The van der Waals surface area contributed by atoms with Crippen LogP contribution in [0.1, 0.15) is 11.7 Å². The molecule has 0 radical (unpaired) electrons. The first-order valence-corrected chi connectivity index (χ1v) is 8.57. The molecule has 0 amide bonds. The number of benzene rings is 2. The quantitative estimate of drug-likeness (QED) is 0.410. The molecule has 1 N–H and O–H groups in total. The topological polar surface area (TPSA) is 116 Å². The van der Waals surface area contributed by atoms with Crippen LogP contribution in [0.2, 0.25) is 0 Å². The molecule has 0 aliphatic rings. The summed E-state index contributed by atoms with van der Waals surface area (Å²) in [5.41, 5.74) is -0.312. The highest BCUT2D eigenvalue weighted by atomic mass is 19.1. The van der Waals surface area contributed by atoms with Gasteiger partial charge in [-0.25, -0.2) is 14.1 Å². The van der Waals surface area contributed by atoms with E-state index in [-0.39, 0.29) is 34.5 Å². The third-order valence-corrected chi connectivity index (χ3v) is 4.49. The van der Waals surface area contributed by atoms with E-state index in [1.165, 1.54) is 53.6 Å². The van der Waals surface area contributed by atoms with Gasteiger partial charge in [-0.15, -0.1) is 0 Å². The first-order chi connectivity index (χ1) is 14.0. The SMILES string of the molecule is O=c1c2cnn(-c3ccccc3[N+](=O)[O-])c2ncn1CC(O)c1ccccc1F. The molecule has 1 atom stereocenters. The van der Waals surface area contributed by atoms with Crippen molar-refractivity contribution in [3.8, 4) is 5.69 Å². The monoisotopic (exact) mass is 395 g/mol. The van der Waals surface area contributed by atoms with Gasteiger partial charge in [0.05, 0.1) is 23.8 Å². The zero-order chi connectivity index (χ0) is 20.5. The summed E-state index contributed by atoms with van der Waals surface area (Å²) >= 11 is 0. The van der Waals surface area contributed by atoms with E-state index >= 15 is 0 Å². The molecule has 2 heterocycles. The molecule has 0 aliphatic carbocycles. The van der Waals surface area contributed by atoms with E-state index in [1.54, 1.807) is 12.1 Å². The van der Waals surface area contributed by atoms with Crippen molar-refractivity contribution in [1.29, 1.82) is 0 Å². The Balaban J connectivity index is 1.75. The molecule has 0 aliphatic heterocycles. The summed E-state index contributed by atoms with van der Waals surface area (Å²) in [4.78, 5) is 27.7. The Labute approximate surface area is 162 Å². The van der Waals surface area contributed by atoms with E-state index in [9.17, 15) is 24.4 Å². The van der Waals surface area contributed by atoms with E-state index in [0.717, 1.165) is 4.57 Å². The standard InChI is InChI=1S/C19H14FN5O4/c20-14-6-2-1-5-12(14)17(26)10-23-11-21-18-13(19(23)27)9-22-24(18)15-7-3-4-8-16(15)25(28)29/h1-9,11,17,26H,10H2. The lowest BCUT2D eigenvalue weighted by Gasteiger charge is -2.13. The van der Waals surface area contributed by atoms with Crippen molar-refractivity contribution < 1.29 is 14.4 Å². The van der Waals surface area contributed by atoms with Crippen LogP contribution in [0.5, 0.6) is 0 Å². The van der Waals surface area contributed by atoms with Gasteiger partial charge in [-0.2, -0.15) is 5.10 Å². The molecule has 2 aromatic carbocycles. The molecule has 4 aromatic rings. The highest BCUT2D eigenvalue weighted by molar-refractivity contribution is 5.76. The van der Waals surface area contributed by atoms with E-state index in [4.69, 9.17) is 0 Å². The normalized spacial score (nSPS) is 12.2. The fourth-order valence-corrected chi connectivity index (χ4v) is 3.08. The van der Waals surface area contributed by atoms with Gasteiger partial charge in [-0.05, 0) is 12.1 Å². The van der Waals surface area contributed by atoms with Gasteiger partial charge in [0.1, 0.15) is 23.2 Å². The van der Waals surface area contributed by atoms with Crippen LogP contribution in [0.4, 0.5) is 10.1 Å². The van der Waals surface area contributed by atoms with Crippen molar-refractivity contribution in [2.45, 2.75) is 12.6 Å². The highest BCUT2D eigenvalue weighted by Gasteiger charge is 2.20. The number of aliphatic hydroxyl groups excluding tert-OH is 1. The molecule has 0 bridgehead atoms. The number of halogens is 1. The summed E-state index contributed by atoms with van der Waals surface area (Å²) in [5, 5.41) is 25.8. The van der Waals surface area contributed by atoms with E-state index in [2.05, 4.69) is 10.1 Å². The van der Waals surface area contributed by atoms with Gasteiger partial charge in [0, 0.05) is 11.6 Å². The van der Waals surface area contributed by atoms with Crippen LogP contribution in [-0.2, 0) is 6.54 Å². The van der Waals surface area contributed by atoms with Crippen LogP contribution in [0.3, 0.4) is 0 Å². The van der Waals surface area contributed by atoms with Gasteiger partial charge in [-0.3, -0.25) is 19.5 Å². The molecule has 0 fully saturated rings. The highest BCUT2D eigenvalue weighted by Crippen LogP contribution is 2.24. The van der Waals surface area contributed by atoms with Gasteiger partial charge in [0.2, 0.25) is 0 Å². The molecule has 4 rings (SSSR count). The largest absolute Gasteiger partial charge is 0.386 e. The summed E-state index contributed by atoms with van der Waals surface area (Å²) in [5.74, 6) is -0.578. The van der Waals surface area contributed by atoms with Crippen molar-refractivity contribution in [2.24, 2.45) is 0 Å². The summed E-state index contributed by atoms with van der Waals surface area (Å²) < 4.78 is 16.2. The zero-order valence-corrected chi connectivity index (χ0v) is 14.8. The Morgan fingerprint density at radius 2 is 1.90 bits per heavy atom. The number of hydrogen-bond acceptors (Lipinski definition) is 6. The Hall–Kier alpha value is -3.92. The van der Waals surface area contributed by atoms with Crippen molar-refractivity contribution in [3.05, 3.63) is 92.9 Å². The Morgan fingerprint density at radius 3 is 2.66 bits per heavy atom. The second kappa shape index (κ2) is 7.24. The number of nitro benzene ring substituents is 1. The summed E-state index contributed by atoms with van der Waals surface area (Å²) in [6, 6.07) is 11.7. The molecule has 0 saturated heterocycles. The zero-order valence-electron chi connectivity index (χ0n) is 14.8. The number of hydrogen-bond donors (Lipinski definition) is 1. The van der Waals surface area contributed by atoms with Gasteiger partial charge in [0.15, 0.2) is 5.65 Å². The minimum absolute atomic E-state index is 0.0649. The maximum Gasteiger partial charge on any atom is 0.294 e. The number of aromatic nitrogens is 4. The predicted molar refractivity (Wildman–Crippen MR) is 101 cm³/mol. The second-order valence-electron chi connectivity index (χ2n) is 6.28. The van der Waals surface area contributed by atoms with Gasteiger partial charge < -0.3 is 5.11 Å².